The van der Waals surface area contributed by atoms with Gasteiger partial charge in [0.25, 0.3) is 0 Å². The summed E-state index contributed by atoms with van der Waals surface area (Å²) in [4.78, 5) is 22.2. The second-order valence-corrected chi connectivity index (χ2v) is 5.22. The van der Waals surface area contributed by atoms with Crippen molar-refractivity contribution in [1.29, 1.82) is 0 Å². The van der Waals surface area contributed by atoms with Crippen LogP contribution < -0.4 is 5.32 Å². The van der Waals surface area contributed by atoms with Crippen molar-refractivity contribution in [1.82, 2.24) is 5.32 Å². The van der Waals surface area contributed by atoms with Crippen LogP contribution in [0, 0.1) is 5.92 Å². The smallest absolute Gasteiger partial charge is 0.303 e. The summed E-state index contributed by atoms with van der Waals surface area (Å²) in [5.74, 6) is -0.951. The van der Waals surface area contributed by atoms with Gasteiger partial charge in [-0.25, -0.2) is 0 Å². The quantitative estimate of drug-likeness (QED) is 0.754. The molecule has 1 aliphatic rings. The molecule has 0 aliphatic heterocycles. The molecule has 2 N–H and O–H groups in total. The van der Waals surface area contributed by atoms with Crippen molar-refractivity contribution in [3.63, 3.8) is 0 Å². The standard InChI is InChI=1S/C12H21NO3/c1-9(8-11(15)16)7-10(14)13-12(2)5-3-4-6-12/h9H,3-8H2,1-2H3,(H,13,14)(H,15,16). The molecule has 1 fully saturated rings. The van der Waals surface area contributed by atoms with Crippen molar-refractivity contribution >= 4 is 11.9 Å². The highest BCUT2D eigenvalue weighted by molar-refractivity contribution is 5.78. The van der Waals surface area contributed by atoms with Gasteiger partial charge in [0.15, 0.2) is 0 Å². The van der Waals surface area contributed by atoms with Crippen LogP contribution in [0.25, 0.3) is 0 Å². The van der Waals surface area contributed by atoms with E-state index in [9.17, 15) is 9.59 Å². The minimum absolute atomic E-state index is 0.0156. The monoisotopic (exact) mass is 227 g/mol. The van der Waals surface area contributed by atoms with Crippen LogP contribution in [0.3, 0.4) is 0 Å². The van der Waals surface area contributed by atoms with Gasteiger partial charge in [0.2, 0.25) is 5.91 Å². The summed E-state index contributed by atoms with van der Waals surface area (Å²) in [6.45, 7) is 3.87. The van der Waals surface area contributed by atoms with E-state index >= 15 is 0 Å². The molecule has 1 saturated carbocycles. The maximum Gasteiger partial charge on any atom is 0.303 e. The highest BCUT2D eigenvalue weighted by Gasteiger charge is 2.30. The summed E-state index contributed by atoms with van der Waals surface area (Å²) in [5, 5.41) is 11.6. The van der Waals surface area contributed by atoms with E-state index in [4.69, 9.17) is 5.11 Å². The molecule has 0 radical (unpaired) electrons. The van der Waals surface area contributed by atoms with Crippen molar-refractivity contribution in [2.45, 2.75) is 57.9 Å². The zero-order valence-electron chi connectivity index (χ0n) is 10.1. The molecule has 4 nitrogen and oxygen atoms in total. The largest absolute Gasteiger partial charge is 0.481 e. The predicted molar refractivity (Wildman–Crippen MR) is 61.0 cm³/mol. The number of carboxylic acids is 1. The molecule has 1 unspecified atom stereocenters. The number of amides is 1. The van der Waals surface area contributed by atoms with Crippen LogP contribution in [0.4, 0.5) is 0 Å². The normalized spacial score (nSPS) is 20.4. The first-order valence-corrected chi connectivity index (χ1v) is 5.94. The minimum atomic E-state index is -0.840. The summed E-state index contributed by atoms with van der Waals surface area (Å²) < 4.78 is 0. The van der Waals surface area contributed by atoms with E-state index in [-0.39, 0.29) is 23.8 Å². The van der Waals surface area contributed by atoms with Gasteiger partial charge in [0, 0.05) is 18.4 Å². The van der Waals surface area contributed by atoms with Crippen molar-refractivity contribution in [3.05, 3.63) is 0 Å². The molecule has 0 aromatic rings. The summed E-state index contributed by atoms with van der Waals surface area (Å²) in [6.07, 6.45) is 4.77. The van der Waals surface area contributed by atoms with Crippen LogP contribution in [0.1, 0.15) is 52.4 Å². The van der Waals surface area contributed by atoms with Gasteiger partial charge < -0.3 is 10.4 Å². The van der Waals surface area contributed by atoms with E-state index < -0.39 is 5.97 Å². The number of aliphatic carboxylic acids is 1. The second kappa shape index (κ2) is 5.32. The van der Waals surface area contributed by atoms with Gasteiger partial charge in [-0.15, -0.1) is 0 Å². The number of rotatable bonds is 5. The van der Waals surface area contributed by atoms with E-state index in [1.165, 1.54) is 12.8 Å². The zero-order valence-corrected chi connectivity index (χ0v) is 10.1. The van der Waals surface area contributed by atoms with Gasteiger partial charge in [-0.2, -0.15) is 0 Å². The zero-order chi connectivity index (χ0) is 12.2. The lowest BCUT2D eigenvalue weighted by Crippen LogP contribution is -2.44. The Kier molecular flexibility index (Phi) is 4.33. The van der Waals surface area contributed by atoms with Gasteiger partial charge in [0.1, 0.15) is 0 Å². The Bertz CT molecular complexity index is 269. The van der Waals surface area contributed by atoms with Gasteiger partial charge in [-0.05, 0) is 25.7 Å². The van der Waals surface area contributed by atoms with Crippen LogP contribution in [0.2, 0.25) is 0 Å². The third-order valence-corrected chi connectivity index (χ3v) is 3.21. The molecule has 1 amide bonds. The molecule has 1 atom stereocenters. The third kappa shape index (κ3) is 4.21. The summed E-state index contributed by atoms with van der Waals surface area (Å²) >= 11 is 0. The summed E-state index contributed by atoms with van der Waals surface area (Å²) in [5.41, 5.74) is -0.0555. The van der Waals surface area contributed by atoms with Crippen molar-refractivity contribution < 1.29 is 14.7 Å². The average molecular weight is 227 g/mol. The molecular weight excluding hydrogens is 206 g/mol. The van der Waals surface area contributed by atoms with Crippen LogP contribution in [-0.4, -0.2) is 22.5 Å². The molecule has 16 heavy (non-hydrogen) atoms. The fourth-order valence-corrected chi connectivity index (χ4v) is 2.35. The maximum atomic E-state index is 11.7. The van der Waals surface area contributed by atoms with Gasteiger partial charge in [0.05, 0.1) is 0 Å². The van der Waals surface area contributed by atoms with E-state index in [1.807, 2.05) is 0 Å². The highest BCUT2D eigenvalue weighted by Crippen LogP contribution is 2.29. The lowest BCUT2D eigenvalue weighted by atomic mass is 9.98. The Morgan fingerprint density at radius 3 is 2.38 bits per heavy atom. The average Bonchev–Trinajstić information content (AvgIpc) is 2.48. The number of carbonyl (C=O) groups excluding carboxylic acids is 1. The van der Waals surface area contributed by atoms with Crippen LogP contribution in [0.5, 0.6) is 0 Å². The first-order chi connectivity index (χ1) is 7.41. The van der Waals surface area contributed by atoms with Crippen molar-refractivity contribution in [2.24, 2.45) is 5.92 Å². The Morgan fingerprint density at radius 2 is 1.88 bits per heavy atom. The molecule has 0 heterocycles. The topological polar surface area (TPSA) is 66.4 Å². The second-order valence-electron chi connectivity index (χ2n) is 5.22. The van der Waals surface area contributed by atoms with Crippen LogP contribution in [-0.2, 0) is 9.59 Å². The molecule has 0 spiro atoms. The fraction of sp³-hybridized carbons (Fsp3) is 0.833. The first-order valence-electron chi connectivity index (χ1n) is 5.94. The Labute approximate surface area is 96.4 Å². The third-order valence-electron chi connectivity index (χ3n) is 3.21. The molecule has 0 bridgehead atoms. The van der Waals surface area contributed by atoms with Crippen LogP contribution in [0.15, 0.2) is 0 Å². The van der Waals surface area contributed by atoms with Crippen molar-refractivity contribution in [2.75, 3.05) is 0 Å². The maximum absolute atomic E-state index is 11.7. The van der Waals surface area contributed by atoms with E-state index in [2.05, 4.69) is 12.2 Å². The Balaban J connectivity index is 2.32. The lowest BCUT2D eigenvalue weighted by Gasteiger charge is -2.25. The van der Waals surface area contributed by atoms with Crippen molar-refractivity contribution in [3.8, 4) is 0 Å². The molecule has 0 aromatic heterocycles. The molecule has 1 rings (SSSR count). The highest BCUT2D eigenvalue weighted by atomic mass is 16.4. The molecule has 4 heteroatoms. The Hall–Kier alpha value is -1.06. The molecule has 0 saturated heterocycles. The van der Waals surface area contributed by atoms with E-state index in [1.54, 1.807) is 6.92 Å². The van der Waals surface area contributed by atoms with Gasteiger partial charge in [-0.3, -0.25) is 9.59 Å². The van der Waals surface area contributed by atoms with E-state index in [0.29, 0.717) is 6.42 Å². The molecule has 0 aromatic carbocycles. The SMILES string of the molecule is CC(CC(=O)O)CC(=O)NC1(C)CCCC1. The molecule has 1 aliphatic carbocycles. The summed E-state index contributed by atoms with van der Waals surface area (Å²) in [7, 11) is 0. The van der Waals surface area contributed by atoms with E-state index in [0.717, 1.165) is 12.8 Å². The number of carboxylic acid groups (broad SMARTS) is 1. The molecular formula is C12H21NO3. The lowest BCUT2D eigenvalue weighted by molar-refractivity contribution is -0.138. The number of carbonyl (C=O) groups is 2. The predicted octanol–water partition coefficient (Wildman–Crippen LogP) is 1.94. The fourth-order valence-electron chi connectivity index (χ4n) is 2.35. The number of nitrogens with one attached hydrogen (secondary N) is 1. The number of hydrogen-bond acceptors (Lipinski definition) is 2. The van der Waals surface area contributed by atoms with Crippen LogP contribution >= 0.6 is 0 Å². The minimum Gasteiger partial charge on any atom is -0.481 e. The Morgan fingerprint density at radius 1 is 1.31 bits per heavy atom. The molecule has 92 valence electrons. The summed E-state index contributed by atoms with van der Waals surface area (Å²) in [6, 6.07) is 0. The van der Waals surface area contributed by atoms with Gasteiger partial charge in [-0.1, -0.05) is 19.8 Å². The first kappa shape index (κ1) is 13.0. The number of hydrogen-bond donors (Lipinski definition) is 2. The van der Waals surface area contributed by atoms with Gasteiger partial charge >= 0.3 is 5.97 Å².